The monoisotopic (exact) mass is 526 g/mol. The maximum absolute atomic E-state index is 13.2. The quantitative estimate of drug-likeness (QED) is 0.209. The average Bonchev–Trinajstić information content (AvgIpc) is 3.58. The van der Waals surface area contributed by atoms with Gasteiger partial charge in [-0.25, -0.2) is 9.59 Å². The molecule has 2 N–H and O–H groups in total. The van der Waals surface area contributed by atoms with Gasteiger partial charge in [0, 0.05) is 27.8 Å². The maximum atomic E-state index is 13.2. The number of furan rings is 1. The first-order valence-corrected chi connectivity index (χ1v) is 12.2. The fourth-order valence-corrected chi connectivity index (χ4v) is 4.51. The van der Waals surface area contributed by atoms with E-state index >= 15 is 0 Å². The second kappa shape index (κ2) is 10.3. The summed E-state index contributed by atoms with van der Waals surface area (Å²) in [6.45, 7) is 3.75. The van der Waals surface area contributed by atoms with Crippen LogP contribution in [0.5, 0.6) is 0 Å². The van der Waals surface area contributed by atoms with Crippen molar-refractivity contribution in [2.75, 3.05) is 12.4 Å². The van der Waals surface area contributed by atoms with Gasteiger partial charge in [0.05, 0.1) is 13.7 Å². The molecule has 0 saturated carbocycles. The second-order valence-corrected chi connectivity index (χ2v) is 9.15. The Morgan fingerprint density at radius 3 is 2.51 bits per heavy atom. The van der Waals surface area contributed by atoms with E-state index in [2.05, 4.69) is 15.4 Å². The van der Waals surface area contributed by atoms with Gasteiger partial charge < -0.3 is 24.4 Å². The van der Waals surface area contributed by atoms with Gasteiger partial charge in [-0.1, -0.05) is 35.9 Å². The van der Waals surface area contributed by atoms with E-state index in [1.54, 1.807) is 6.08 Å². The van der Waals surface area contributed by atoms with Crippen molar-refractivity contribution in [3.05, 3.63) is 94.7 Å². The van der Waals surface area contributed by atoms with E-state index < -0.39 is 17.9 Å². The number of methoxy groups -OCH3 is 1. The SMILES string of the molecule is COC(=O)c1ccc(CN2C(=O)N/C(=C\c3c(C)n(CC(=O)Nc4ccc(C)cc4)c4ccccc34)C2=O)o1. The second-order valence-electron chi connectivity index (χ2n) is 9.15. The van der Waals surface area contributed by atoms with Crippen LogP contribution in [0, 0.1) is 13.8 Å². The molecule has 2 aromatic heterocycles. The molecule has 2 aromatic carbocycles. The number of nitrogens with one attached hydrogen (secondary N) is 2. The molecule has 10 heteroatoms. The van der Waals surface area contributed by atoms with Gasteiger partial charge in [-0.05, 0) is 50.3 Å². The lowest BCUT2D eigenvalue weighted by Gasteiger charge is -2.10. The largest absolute Gasteiger partial charge is 0.463 e. The van der Waals surface area contributed by atoms with Crippen molar-refractivity contribution in [3.63, 3.8) is 0 Å². The summed E-state index contributed by atoms with van der Waals surface area (Å²) in [5.74, 6) is -1.15. The average molecular weight is 527 g/mol. The molecule has 1 aliphatic rings. The van der Waals surface area contributed by atoms with Gasteiger partial charge in [-0.2, -0.15) is 0 Å². The predicted molar refractivity (Wildman–Crippen MR) is 144 cm³/mol. The van der Waals surface area contributed by atoms with Gasteiger partial charge in [-0.15, -0.1) is 0 Å². The van der Waals surface area contributed by atoms with E-state index in [9.17, 15) is 19.2 Å². The predicted octanol–water partition coefficient (Wildman–Crippen LogP) is 4.37. The normalized spacial score (nSPS) is 14.2. The number of nitrogens with zero attached hydrogens (tertiary/aromatic N) is 2. The summed E-state index contributed by atoms with van der Waals surface area (Å²) in [6.07, 6.45) is 1.62. The fourth-order valence-electron chi connectivity index (χ4n) is 4.51. The van der Waals surface area contributed by atoms with Crippen LogP contribution in [0.2, 0.25) is 0 Å². The van der Waals surface area contributed by atoms with E-state index in [0.29, 0.717) is 11.3 Å². The first-order valence-electron chi connectivity index (χ1n) is 12.2. The van der Waals surface area contributed by atoms with Crippen LogP contribution in [0.25, 0.3) is 17.0 Å². The number of para-hydroxylation sites is 1. The summed E-state index contributed by atoms with van der Waals surface area (Å²) in [5, 5.41) is 6.37. The van der Waals surface area contributed by atoms with Crippen LogP contribution in [-0.2, 0) is 27.4 Å². The van der Waals surface area contributed by atoms with Gasteiger partial charge >= 0.3 is 12.0 Å². The van der Waals surface area contributed by atoms with Crippen molar-refractivity contribution >= 4 is 46.5 Å². The van der Waals surface area contributed by atoms with Gasteiger partial charge in [-0.3, -0.25) is 14.5 Å². The molecule has 10 nitrogen and oxygen atoms in total. The third-order valence-electron chi connectivity index (χ3n) is 6.53. The van der Waals surface area contributed by atoms with E-state index in [4.69, 9.17) is 4.42 Å². The summed E-state index contributed by atoms with van der Waals surface area (Å²) in [6, 6.07) is 17.4. The number of hydrogen-bond donors (Lipinski definition) is 2. The number of benzene rings is 2. The zero-order valence-corrected chi connectivity index (χ0v) is 21.6. The first-order chi connectivity index (χ1) is 18.7. The van der Waals surface area contributed by atoms with E-state index in [0.717, 1.165) is 27.1 Å². The summed E-state index contributed by atoms with van der Waals surface area (Å²) in [4.78, 5) is 51.3. The van der Waals surface area contributed by atoms with Crippen molar-refractivity contribution in [1.82, 2.24) is 14.8 Å². The lowest BCUT2D eigenvalue weighted by molar-refractivity contribution is -0.123. The minimum absolute atomic E-state index is 0.0230. The molecule has 4 aromatic rings. The molecule has 198 valence electrons. The number of urea groups is 1. The van der Waals surface area contributed by atoms with Crippen LogP contribution in [-0.4, -0.2) is 40.4 Å². The highest BCUT2D eigenvalue weighted by atomic mass is 16.5. The third-order valence-corrected chi connectivity index (χ3v) is 6.53. The van der Waals surface area contributed by atoms with Crippen molar-refractivity contribution in [2.45, 2.75) is 26.9 Å². The molecule has 3 heterocycles. The van der Waals surface area contributed by atoms with Crippen LogP contribution in [0.15, 0.2) is 70.8 Å². The molecule has 1 saturated heterocycles. The Morgan fingerprint density at radius 2 is 1.77 bits per heavy atom. The number of imide groups is 1. The van der Waals surface area contributed by atoms with Gasteiger partial charge in [0.1, 0.15) is 18.0 Å². The number of anilines is 1. The lowest BCUT2D eigenvalue weighted by Crippen LogP contribution is -2.30. The number of carbonyl (C=O) groups is 4. The number of ether oxygens (including phenoxy) is 1. The molecule has 0 aliphatic carbocycles. The Bertz CT molecular complexity index is 1640. The number of aryl methyl sites for hydroxylation is 1. The molecule has 0 atom stereocenters. The number of aromatic nitrogens is 1. The smallest absolute Gasteiger partial charge is 0.373 e. The number of fused-ring (bicyclic) bond motifs is 1. The van der Waals surface area contributed by atoms with Gasteiger partial charge in [0.25, 0.3) is 5.91 Å². The third kappa shape index (κ3) is 5.04. The van der Waals surface area contributed by atoms with Crippen molar-refractivity contribution in [2.24, 2.45) is 0 Å². The van der Waals surface area contributed by atoms with Crippen LogP contribution in [0.4, 0.5) is 10.5 Å². The molecule has 4 amide bonds. The number of amides is 4. The molecular formula is C29H26N4O6. The zero-order valence-electron chi connectivity index (χ0n) is 21.6. The lowest BCUT2D eigenvalue weighted by atomic mass is 10.1. The van der Waals surface area contributed by atoms with Crippen LogP contribution < -0.4 is 10.6 Å². The topological polar surface area (TPSA) is 123 Å². The molecular weight excluding hydrogens is 500 g/mol. The van der Waals surface area contributed by atoms with E-state index in [1.165, 1.54) is 19.2 Å². The van der Waals surface area contributed by atoms with Crippen molar-refractivity contribution < 1.29 is 28.3 Å². The summed E-state index contributed by atoms with van der Waals surface area (Å²) in [5.41, 5.74) is 4.19. The van der Waals surface area contributed by atoms with Crippen molar-refractivity contribution in [3.8, 4) is 0 Å². The van der Waals surface area contributed by atoms with Crippen LogP contribution in [0.3, 0.4) is 0 Å². The van der Waals surface area contributed by atoms with Crippen molar-refractivity contribution in [1.29, 1.82) is 0 Å². The zero-order chi connectivity index (χ0) is 27.7. The maximum Gasteiger partial charge on any atom is 0.373 e. The standard InChI is InChI=1S/C29H26N4O6/c1-17-8-10-19(11-9-17)30-26(34)16-32-18(2)22(21-6-4-5-7-24(21)32)14-23-27(35)33(29(37)31-23)15-20-12-13-25(39-20)28(36)38-3/h4-14H,15-16H2,1-3H3,(H,30,34)(H,31,37)/b23-14-. The highest BCUT2D eigenvalue weighted by Gasteiger charge is 2.35. The molecule has 5 rings (SSSR count). The fraction of sp³-hybridized carbons (Fsp3) is 0.172. The van der Waals surface area contributed by atoms with Gasteiger partial charge in [0.2, 0.25) is 11.7 Å². The molecule has 0 bridgehead atoms. The number of hydrogen-bond acceptors (Lipinski definition) is 6. The summed E-state index contributed by atoms with van der Waals surface area (Å²) in [7, 11) is 1.23. The molecule has 0 spiro atoms. The Labute approximate surface area is 223 Å². The highest BCUT2D eigenvalue weighted by molar-refractivity contribution is 6.14. The number of esters is 1. The summed E-state index contributed by atoms with van der Waals surface area (Å²) >= 11 is 0. The minimum atomic E-state index is -0.654. The molecule has 0 unspecified atom stereocenters. The number of rotatable bonds is 7. The van der Waals surface area contributed by atoms with Gasteiger partial charge in [0.15, 0.2) is 0 Å². The summed E-state index contributed by atoms with van der Waals surface area (Å²) < 4.78 is 11.9. The van der Waals surface area contributed by atoms with Crippen LogP contribution >= 0.6 is 0 Å². The molecule has 1 aliphatic heterocycles. The number of carbonyl (C=O) groups excluding carboxylic acids is 4. The molecule has 0 radical (unpaired) electrons. The Kier molecular flexibility index (Phi) is 6.76. The highest BCUT2D eigenvalue weighted by Crippen LogP contribution is 2.29. The molecule has 1 fully saturated rings. The first kappa shape index (κ1) is 25.5. The minimum Gasteiger partial charge on any atom is -0.463 e. The Hall–Kier alpha value is -5.12. The van der Waals surface area contributed by atoms with Crippen LogP contribution in [0.1, 0.15) is 33.1 Å². The van der Waals surface area contributed by atoms with E-state index in [-0.39, 0.29) is 36.2 Å². The Morgan fingerprint density at radius 1 is 1.03 bits per heavy atom. The Balaban J connectivity index is 1.40. The molecule has 39 heavy (non-hydrogen) atoms. The van der Waals surface area contributed by atoms with E-state index in [1.807, 2.05) is 66.9 Å².